The van der Waals surface area contributed by atoms with Crippen LogP contribution in [0.2, 0.25) is 0 Å². The van der Waals surface area contributed by atoms with Crippen molar-refractivity contribution in [3.8, 4) is 5.75 Å². The number of nitrogens with zero attached hydrogens (tertiary/aromatic N) is 1. The summed E-state index contributed by atoms with van der Waals surface area (Å²) in [5, 5.41) is 6.16. The highest BCUT2D eigenvalue weighted by molar-refractivity contribution is 5.91. The molecule has 1 saturated heterocycles. The molecule has 0 atom stereocenters. The van der Waals surface area contributed by atoms with Gasteiger partial charge >= 0.3 is 0 Å². The molecule has 0 unspecified atom stereocenters. The fourth-order valence-corrected chi connectivity index (χ4v) is 2.79. The third-order valence-corrected chi connectivity index (χ3v) is 4.12. The Hall–Kier alpha value is -2.60. The zero-order valence-corrected chi connectivity index (χ0v) is 15.2. The van der Waals surface area contributed by atoms with E-state index < -0.39 is 0 Å². The molecule has 3 rings (SSSR count). The minimum Gasteiger partial charge on any atom is -0.491 e. The Morgan fingerprint density at radius 1 is 1.12 bits per heavy atom. The van der Waals surface area contributed by atoms with E-state index in [0.29, 0.717) is 19.0 Å². The average Bonchev–Trinajstić information content (AvgIpc) is 2.65. The molecule has 1 aliphatic heterocycles. The molecule has 0 aliphatic carbocycles. The zero-order valence-electron chi connectivity index (χ0n) is 15.2. The highest BCUT2D eigenvalue weighted by atomic mass is 16.5. The van der Waals surface area contributed by atoms with E-state index in [9.17, 15) is 4.79 Å². The predicted molar refractivity (Wildman–Crippen MR) is 102 cm³/mol. The van der Waals surface area contributed by atoms with E-state index in [4.69, 9.17) is 9.47 Å². The standard InChI is InChI=1S/C20H25N3O3/c1-14(2)26-18-6-3-16(4-7-18)22-17-5-8-19(21-13-17)23-20(24)15-9-11-25-12-10-15/h3-8,13-15,22H,9-12H2,1-2H3,(H,21,23,24). The van der Waals surface area contributed by atoms with Crippen LogP contribution >= 0.6 is 0 Å². The van der Waals surface area contributed by atoms with Gasteiger partial charge in [-0.2, -0.15) is 0 Å². The number of pyridine rings is 1. The Bertz CT molecular complexity index is 708. The summed E-state index contributed by atoms with van der Waals surface area (Å²) in [6, 6.07) is 11.5. The molecular weight excluding hydrogens is 330 g/mol. The molecule has 1 aromatic carbocycles. The van der Waals surface area contributed by atoms with Crippen LogP contribution in [0.25, 0.3) is 0 Å². The fourth-order valence-electron chi connectivity index (χ4n) is 2.79. The Labute approximate surface area is 153 Å². The summed E-state index contributed by atoms with van der Waals surface area (Å²) in [6.45, 7) is 5.30. The molecule has 0 bridgehead atoms. The molecule has 26 heavy (non-hydrogen) atoms. The van der Waals surface area contributed by atoms with Gasteiger partial charge < -0.3 is 20.1 Å². The van der Waals surface area contributed by atoms with Crippen molar-refractivity contribution in [3.63, 3.8) is 0 Å². The van der Waals surface area contributed by atoms with E-state index >= 15 is 0 Å². The van der Waals surface area contributed by atoms with E-state index in [1.807, 2.05) is 44.2 Å². The van der Waals surface area contributed by atoms with Crippen molar-refractivity contribution in [3.05, 3.63) is 42.6 Å². The van der Waals surface area contributed by atoms with E-state index in [1.54, 1.807) is 12.3 Å². The molecule has 1 amide bonds. The summed E-state index contributed by atoms with van der Waals surface area (Å²) >= 11 is 0. The Balaban J connectivity index is 1.54. The Kier molecular flexibility index (Phi) is 6.07. The van der Waals surface area contributed by atoms with Crippen molar-refractivity contribution in [1.29, 1.82) is 0 Å². The van der Waals surface area contributed by atoms with Gasteiger partial charge in [0.1, 0.15) is 11.6 Å². The highest BCUT2D eigenvalue weighted by Gasteiger charge is 2.21. The monoisotopic (exact) mass is 355 g/mol. The largest absolute Gasteiger partial charge is 0.491 e. The summed E-state index contributed by atoms with van der Waals surface area (Å²) in [7, 11) is 0. The molecule has 0 radical (unpaired) electrons. The van der Waals surface area contributed by atoms with Crippen molar-refractivity contribution in [1.82, 2.24) is 4.98 Å². The van der Waals surface area contributed by atoms with Crippen LogP contribution in [0.5, 0.6) is 5.75 Å². The number of anilines is 3. The smallest absolute Gasteiger partial charge is 0.228 e. The molecule has 0 spiro atoms. The number of amides is 1. The molecule has 2 heterocycles. The average molecular weight is 355 g/mol. The molecule has 2 aromatic rings. The number of carbonyl (C=O) groups excluding carboxylic acids is 1. The van der Waals surface area contributed by atoms with Gasteiger partial charge in [-0.3, -0.25) is 4.79 Å². The van der Waals surface area contributed by atoms with Crippen molar-refractivity contribution in [2.75, 3.05) is 23.8 Å². The maximum absolute atomic E-state index is 12.2. The molecule has 1 aliphatic rings. The van der Waals surface area contributed by atoms with Crippen LogP contribution in [-0.2, 0) is 9.53 Å². The molecule has 1 aromatic heterocycles. The molecule has 138 valence electrons. The van der Waals surface area contributed by atoms with Crippen LogP contribution in [0.4, 0.5) is 17.2 Å². The van der Waals surface area contributed by atoms with Crippen molar-refractivity contribution in [2.45, 2.75) is 32.8 Å². The van der Waals surface area contributed by atoms with Crippen LogP contribution in [0.1, 0.15) is 26.7 Å². The molecule has 2 N–H and O–H groups in total. The normalized spacial score (nSPS) is 14.9. The topological polar surface area (TPSA) is 72.5 Å². The maximum Gasteiger partial charge on any atom is 0.228 e. The van der Waals surface area contributed by atoms with Gasteiger partial charge in [0.25, 0.3) is 0 Å². The molecule has 1 fully saturated rings. The number of hydrogen-bond donors (Lipinski definition) is 2. The number of nitrogens with one attached hydrogen (secondary N) is 2. The van der Waals surface area contributed by atoms with Crippen molar-refractivity contribution >= 4 is 23.1 Å². The molecular formula is C20H25N3O3. The van der Waals surface area contributed by atoms with Crippen molar-refractivity contribution < 1.29 is 14.3 Å². The van der Waals surface area contributed by atoms with Crippen LogP contribution in [0.3, 0.4) is 0 Å². The summed E-state index contributed by atoms with van der Waals surface area (Å²) in [4.78, 5) is 16.5. The van der Waals surface area contributed by atoms with Gasteiger partial charge in [0.2, 0.25) is 5.91 Å². The zero-order chi connectivity index (χ0) is 18.4. The first-order valence-electron chi connectivity index (χ1n) is 8.98. The third-order valence-electron chi connectivity index (χ3n) is 4.12. The summed E-state index contributed by atoms with van der Waals surface area (Å²) in [5.74, 6) is 1.43. The van der Waals surface area contributed by atoms with Gasteiger partial charge in [0, 0.05) is 24.8 Å². The summed E-state index contributed by atoms with van der Waals surface area (Å²) < 4.78 is 10.9. The first-order chi connectivity index (χ1) is 12.6. The van der Waals surface area contributed by atoms with E-state index in [-0.39, 0.29) is 17.9 Å². The second kappa shape index (κ2) is 8.67. The summed E-state index contributed by atoms with van der Waals surface area (Å²) in [5.41, 5.74) is 1.80. The second-order valence-corrected chi connectivity index (χ2v) is 6.62. The molecule has 0 saturated carbocycles. The van der Waals surface area contributed by atoms with Gasteiger partial charge in [-0.25, -0.2) is 4.98 Å². The molecule has 6 nitrogen and oxygen atoms in total. The highest BCUT2D eigenvalue weighted by Crippen LogP contribution is 2.22. The Morgan fingerprint density at radius 3 is 2.42 bits per heavy atom. The van der Waals surface area contributed by atoms with Crippen LogP contribution < -0.4 is 15.4 Å². The van der Waals surface area contributed by atoms with Crippen LogP contribution in [0.15, 0.2) is 42.6 Å². The molecule has 6 heteroatoms. The minimum atomic E-state index is 0.00919. The first kappa shape index (κ1) is 18.2. The lowest BCUT2D eigenvalue weighted by Crippen LogP contribution is -2.28. The fraction of sp³-hybridized carbons (Fsp3) is 0.400. The van der Waals surface area contributed by atoms with Gasteiger partial charge in [0.05, 0.1) is 18.0 Å². The van der Waals surface area contributed by atoms with E-state index in [1.165, 1.54) is 0 Å². The SMILES string of the molecule is CC(C)Oc1ccc(Nc2ccc(NC(=O)C3CCOCC3)nc2)cc1. The Morgan fingerprint density at radius 2 is 1.81 bits per heavy atom. The minimum absolute atomic E-state index is 0.00919. The number of hydrogen-bond acceptors (Lipinski definition) is 5. The third kappa shape index (κ3) is 5.20. The van der Waals surface area contributed by atoms with E-state index in [0.717, 1.165) is 30.0 Å². The predicted octanol–water partition coefficient (Wildman–Crippen LogP) is 3.98. The number of carbonyl (C=O) groups is 1. The van der Waals surface area contributed by atoms with Crippen molar-refractivity contribution in [2.24, 2.45) is 5.92 Å². The van der Waals surface area contributed by atoms with Gasteiger partial charge in [-0.1, -0.05) is 0 Å². The second-order valence-electron chi connectivity index (χ2n) is 6.62. The lowest BCUT2D eigenvalue weighted by Gasteiger charge is -2.20. The lowest BCUT2D eigenvalue weighted by atomic mass is 9.99. The van der Waals surface area contributed by atoms with E-state index in [2.05, 4.69) is 15.6 Å². The number of aromatic nitrogens is 1. The summed E-state index contributed by atoms with van der Waals surface area (Å²) in [6.07, 6.45) is 3.39. The van der Waals surface area contributed by atoms with Crippen LogP contribution in [0, 0.1) is 5.92 Å². The van der Waals surface area contributed by atoms with Crippen LogP contribution in [-0.4, -0.2) is 30.2 Å². The van der Waals surface area contributed by atoms with Gasteiger partial charge in [0.15, 0.2) is 0 Å². The quantitative estimate of drug-likeness (QED) is 0.820. The first-order valence-corrected chi connectivity index (χ1v) is 8.98. The van der Waals surface area contributed by atoms with Gasteiger partial charge in [-0.05, 0) is 63.1 Å². The number of ether oxygens (including phenoxy) is 2. The number of benzene rings is 1. The lowest BCUT2D eigenvalue weighted by molar-refractivity contribution is -0.122. The number of rotatable bonds is 6. The maximum atomic E-state index is 12.2. The van der Waals surface area contributed by atoms with Gasteiger partial charge in [-0.15, -0.1) is 0 Å².